The van der Waals surface area contributed by atoms with Crippen molar-refractivity contribution in [1.29, 1.82) is 0 Å². The molecule has 2 N–H and O–H groups in total. The highest BCUT2D eigenvalue weighted by Gasteiger charge is 2.50. The molecule has 1 amide bonds. The first kappa shape index (κ1) is 18.4. The molecule has 0 bridgehead atoms. The highest BCUT2D eigenvalue weighted by atomic mass is 16.5. The summed E-state index contributed by atoms with van der Waals surface area (Å²) in [5.41, 5.74) is 0.266. The van der Waals surface area contributed by atoms with Gasteiger partial charge in [0, 0.05) is 44.5 Å². The van der Waals surface area contributed by atoms with E-state index in [9.17, 15) is 9.90 Å². The number of aliphatic hydroxyl groups excluding tert-OH is 1. The number of rotatable bonds is 3. The van der Waals surface area contributed by atoms with Gasteiger partial charge in [0.2, 0.25) is 11.9 Å². The predicted octanol–water partition coefficient (Wildman–Crippen LogP) is 0.343. The van der Waals surface area contributed by atoms with Crippen LogP contribution in [0.15, 0.2) is 6.07 Å². The minimum absolute atomic E-state index is 0.0240. The first-order valence-electron chi connectivity index (χ1n) is 10.0. The van der Waals surface area contributed by atoms with E-state index in [-0.39, 0.29) is 5.91 Å². The largest absolute Gasteiger partial charge is 0.392 e. The number of carbonyl (C=O) groups is 1. The van der Waals surface area contributed by atoms with Gasteiger partial charge in [0.15, 0.2) is 0 Å². The highest BCUT2D eigenvalue weighted by molar-refractivity contribution is 5.85. The minimum Gasteiger partial charge on any atom is -0.392 e. The van der Waals surface area contributed by atoms with Crippen LogP contribution in [0.4, 0.5) is 11.8 Å². The molecule has 2 atom stereocenters. The molecule has 0 radical (unpaired) electrons. The van der Waals surface area contributed by atoms with Gasteiger partial charge in [-0.3, -0.25) is 4.79 Å². The number of piperidine rings is 2. The van der Waals surface area contributed by atoms with Crippen LogP contribution in [0.3, 0.4) is 0 Å². The maximum absolute atomic E-state index is 12.6. The fourth-order valence-corrected chi connectivity index (χ4v) is 4.36. The maximum atomic E-state index is 12.6. The molecule has 0 unspecified atom stereocenters. The molecule has 148 valence electrons. The lowest BCUT2D eigenvalue weighted by molar-refractivity contribution is -0.142. The molecule has 3 saturated heterocycles. The van der Waals surface area contributed by atoms with Crippen LogP contribution in [-0.2, 0) is 16.0 Å². The third-order valence-corrected chi connectivity index (χ3v) is 6.05. The molecule has 1 aromatic rings. The number of hydrogen-bond donors (Lipinski definition) is 2. The first-order valence-corrected chi connectivity index (χ1v) is 10.0. The van der Waals surface area contributed by atoms with Gasteiger partial charge in [-0.15, -0.1) is 0 Å². The normalized spacial score (nSPS) is 29.1. The van der Waals surface area contributed by atoms with Gasteiger partial charge in [-0.25, -0.2) is 4.98 Å². The van der Waals surface area contributed by atoms with Gasteiger partial charge in [-0.1, -0.05) is 6.92 Å². The third-order valence-electron chi connectivity index (χ3n) is 6.05. The van der Waals surface area contributed by atoms with Crippen molar-refractivity contribution >= 4 is 17.7 Å². The molecule has 4 rings (SSSR count). The van der Waals surface area contributed by atoms with Gasteiger partial charge in [-0.05, 0) is 25.7 Å². The summed E-state index contributed by atoms with van der Waals surface area (Å²) in [6.45, 7) is 6.94. The number of morpholine rings is 1. The van der Waals surface area contributed by atoms with Crippen LogP contribution in [0, 0.1) is 5.41 Å². The number of ether oxygens (including phenoxy) is 1. The second-order valence-corrected chi connectivity index (χ2v) is 7.71. The monoisotopic (exact) mass is 375 g/mol. The van der Waals surface area contributed by atoms with Crippen molar-refractivity contribution in [2.45, 2.75) is 38.7 Å². The molecular weight excluding hydrogens is 346 g/mol. The van der Waals surface area contributed by atoms with E-state index in [1.807, 2.05) is 6.07 Å². The van der Waals surface area contributed by atoms with Gasteiger partial charge in [-0.2, -0.15) is 4.98 Å². The van der Waals surface area contributed by atoms with E-state index in [0.717, 1.165) is 49.8 Å². The second-order valence-electron chi connectivity index (χ2n) is 7.71. The zero-order chi connectivity index (χ0) is 18.9. The molecule has 0 aromatic carbocycles. The van der Waals surface area contributed by atoms with E-state index >= 15 is 0 Å². The van der Waals surface area contributed by atoms with E-state index in [4.69, 9.17) is 14.7 Å². The number of carbonyl (C=O) groups excluding carboxylic acids is 1. The molecule has 8 heteroatoms. The summed E-state index contributed by atoms with van der Waals surface area (Å²) in [4.78, 5) is 26.5. The number of anilines is 2. The van der Waals surface area contributed by atoms with Gasteiger partial charge in [0.05, 0.1) is 24.7 Å². The molecule has 3 aliphatic rings. The van der Waals surface area contributed by atoms with E-state index in [0.29, 0.717) is 39.3 Å². The lowest BCUT2D eigenvalue weighted by Crippen LogP contribution is -2.61. The fourth-order valence-electron chi connectivity index (χ4n) is 4.36. The van der Waals surface area contributed by atoms with Crippen molar-refractivity contribution in [2.24, 2.45) is 5.41 Å². The quantitative estimate of drug-likeness (QED) is 0.787. The summed E-state index contributed by atoms with van der Waals surface area (Å²) >= 11 is 0. The van der Waals surface area contributed by atoms with E-state index < -0.39 is 11.5 Å². The molecular formula is C19H29N5O3. The number of hydrogen-bond acceptors (Lipinski definition) is 7. The van der Waals surface area contributed by atoms with Crippen LogP contribution in [0.25, 0.3) is 0 Å². The van der Waals surface area contributed by atoms with Crippen molar-refractivity contribution in [3.8, 4) is 0 Å². The Morgan fingerprint density at radius 2 is 2.11 bits per heavy atom. The number of amides is 1. The van der Waals surface area contributed by atoms with Crippen LogP contribution >= 0.6 is 0 Å². The topological polar surface area (TPSA) is 90.8 Å². The molecule has 0 aliphatic carbocycles. The Morgan fingerprint density at radius 3 is 2.85 bits per heavy atom. The Labute approximate surface area is 159 Å². The van der Waals surface area contributed by atoms with E-state index in [2.05, 4.69) is 22.0 Å². The Morgan fingerprint density at radius 1 is 1.30 bits per heavy atom. The number of aliphatic hydroxyl groups is 1. The number of nitrogens with one attached hydrogen (secondary N) is 1. The summed E-state index contributed by atoms with van der Waals surface area (Å²) in [5, 5.41) is 13.6. The lowest BCUT2D eigenvalue weighted by Gasteiger charge is -2.47. The predicted molar refractivity (Wildman–Crippen MR) is 102 cm³/mol. The van der Waals surface area contributed by atoms with Gasteiger partial charge < -0.3 is 25.0 Å². The standard InChI is InChI=1S/C19H29N5O3/c1-2-14-12-16(22-18(21-14)23-8-10-27-11-9-23)24-7-4-15(25)19(13-24)5-3-6-20-17(19)26/h12,15,25H,2-11,13H2,1H3,(H,20,26)/t15-,19+/m0/s1. The van der Waals surface area contributed by atoms with Crippen LogP contribution in [-0.4, -0.2) is 73.0 Å². The smallest absolute Gasteiger partial charge is 0.230 e. The summed E-state index contributed by atoms with van der Waals surface area (Å²) in [7, 11) is 0. The fraction of sp³-hybridized carbons (Fsp3) is 0.737. The lowest BCUT2D eigenvalue weighted by atomic mass is 9.71. The van der Waals surface area contributed by atoms with Crippen molar-refractivity contribution in [1.82, 2.24) is 15.3 Å². The summed E-state index contributed by atoms with van der Waals surface area (Å²) in [6.07, 6.45) is 2.43. The van der Waals surface area contributed by atoms with Gasteiger partial charge >= 0.3 is 0 Å². The third kappa shape index (κ3) is 3.48. The highest BCUT2D eigenvalue weighted by Crippen LogP contribution is 2.38. The summed E-state index contributed by atoms with van der Waals surface area (Å²) < 4.78 is 5.44. The summed E-state index contributed by atoms with van der Waals surface area (Å²) in [6, 6.07) is 2.02. The first-order chi connectivity index (χ1) is 13.1. The molecule has 3 fully saturated rings. The van der Waals surface area contributed by atoms with Crippen molar-refractivity contribution in [3.63, 3.8) is 0 Å². The second kappa shape index (κ2) is 7.59. The van der Waals surface area contributed by atoms with Crippen LogP contribution < -0.4 is 15.1 Å². The number of aryl methyl sites for hydroxylation is 1. The molecule has 27 heavy (non-hydrogen) atoms. The van der Waals surface area contributed by atoms with Crippen LogP contribution in [0.5, 0.6) is 0 Å². The number of aromatic nitrogens is 2. The minimum atomic E-state index is -0.729. The zero-order valence-electron chi connectivity index (χ0n) is 16.0. The van der Waals surface area contributed by atoms with Crippen LogP contribution in [0.1, 0.15) is 31.9 Å². The molecule has 1 spiro atoms. The van der Waals surface area contributed by atoms with Crippen molar-refractivity contribution in [3.05, 3.63) is 11.8 Å². The van der Waals surface area contributed by atoms with Gasteiger partial charge in [0.1, 0.15) is 5.82 Å². The zero-order valence-corrected chi connectivity index (χ0v) is 16.0. The molecule has 3 aliphatic heterocycles. The Hall–Kier alpha value is -1.93. The molecule has 0 saturated carbocycles. The Bertz CT molecular complexity index is 694. The average molecular weight is 375 g/mol. The maximum Gasteiger partial charge on any atom is 0.230 e. The number of nitrogens with zero attached hydrogens (tertiary/aromatic N) is 4. The average Bonchev–Trinajstić information content (AvgIpc) is 2.72. The van der Waals surface area contributed by atoms with Crippen molar-refractivity contribution < 1.29 is 14.6 Å². The Kier molecular flexibility index (Phi) is 5.19. The van der Waals surface area contributed by atoms with E-state index in [1.54, 1.807) is 0 Å². The summed E-state index contributed by atoms with van der Waals surface area (Å²) in [5.74, 6) is 1.57. The van der Waals surface area contributed by atoms with Gasteiger partial charge in [0.25, 0.3) is 0 Å². The SMILES string of the molecule is CCc1cc(N2CC[C@H](O)[C@@]3(CCCNC3=O)C2)nc(N2CCOCC2)n1. The van der Waals surface area contributed by atoms with Crippen LogP contribution in [0.2, 0.25) is 0 Å². The molecule has 8 nitrogen and oxygen atoms in total. The Balaban J connectivity index is 1.62. The molecule has 4 heterocycles. The molecule has 1 aromatic heterocycles. The van der Waals surface area contributed by atoms with E-state index in [1.165, 1.54) is 0 Å². The van der Waals surface area contributed by atoms with Crippen molar-refractivity contribution in [2.75, 3.05) is 55.7 Å².